The summed E-state index contributed by atoms with van der Waals surface area (Å²) in [5.74, 6) is 4.58. The molecule has 0 amide bonds. The maximum Gasteiger partial charge on any atom is 0.133 e. The summed E-state index contributed by atoms with van der Waals surface area (Å²) in [4.78, 5) is 0. The number of terminal acetylenes is 2. The minimum atomic E-state index is -0.720. The van der Waals surface area contributed by atoms with Crippen molar-refractivity contribution in [2.45, 2.75) is 141 Å². The van der Waals surface area contributed by atoms with Crippen molar-refractivity contribution in [3.8, 4) is 24.7 Å². The number of hydrogen-bond acceptors (Lipinski definition) is 2. The molecule has 34 heavy (non-hydrogen) atoms. The third-order valence-corrected chi connectivity index (χ3v) is 6.13. The molecule has 2 heteroatoms. The van der Waals surface area contributed by atoms with E-state index in [2.05, 4.69) is 24.0 Å². The van der Waals surface area contributed by atoms with Crippen LogP contribution in [0.1, 0.15) is 128 Å². The maximum atomic E-state index is 9.22. The molecule has 0 fully saturated rings. The number of rotatable bonds is 24. The van der Waals surface area contributed by atoms with Crippen LogP contribution in [0.25, 0.3) is 0 Å². The molecule has 0 radical (unpaired) electrons. The minimum absolute atomic E-state index is 0.719. The average Bonchev–Trinajstić information content (AvgIpc) is 2.85. The first-order chi connectivity index (χ1) is 16.7. The molecule has 0 aliphatic heterocycles. The van der Waals surface area contributed by atoms with E-state index in [1.807, 2.05) is 12.2 Å². The van der Waals surface area contributed by atoms with Crippen LogP contribution in [0.2, 0.25) is 0 Å². The van der Waals surface area contributed by atoms with Crippen molar-refractivity contribution in [2.24, 2.45) is 0 Å². The molecule has 192 valence electrons. The van der Waals surface area contributed by atoms with Crippen molar-refractivity contribution in [2.75, 3.05) is 0 Å². The summed E-state index contributed by atoms with van der Waals surface area (Å²) in [6.07, 6.45) is 46.6. The van der Waals surface area contributed by atoms with E-state index in [9.17, 15) is 10.2 Å². The van der Waals surface area contributed by atoms with Gasteiger partial charge in [0.15, 0.2) is 0 Å². The van der Waals surface area contributed by atoms with Gasteiger partial charge in [0.25, 0.3) is 0 Å². The third-order valence-electron chi connectivity index (χ3n) is 6.13. The lowest BCUT2D eigenvalue weighted by Crippen LogP contribution is -1.95. The second kappa shape index (κ2) is 27.5. The Bertz CT molecular complexity index is 587. The topological polar surface area (TPSA) is 40.5 Å². The maximum absolute atomic E-state index is 9.22. The zero-order chi connectivity index (χ0) is 25.0. The SMILES string of the molecule is C#C[C@H](O)/C=C/CCCCCCCCCC=CCCCCCCCCCCC/C=C/[C@@H](O)C#C. The molecule has 0 unspecified atom stereocenters. The van der Waals surface area contributed by atoms with Gasteiger partial charge in [-0.2, -0.15) is 0 Å². The van der Waals surface area contributed by atoms with Crippen LogP contribution in [-0.2, 0) is 0 Å². The second-order valence-electron chi connectivity index (χ2n) is 9.36. The molecular weight excluding hydrogens is 416 g/mol. The standard InChI is InChI=1S/C32H52O2/c1-3-31(33)29-27-25-23-21-19-17-15-13-11-9-7-5-6-8-10-12-14-16-18-20-22-24-26-28-30-32(34)4-2/h1-2,5,7,27-34H,6,8-26H2/b7-5?,29-27+,30-28+/t31-,32-/m0/s1. The van der Waals surface area contributed by atoms with Gasteiger partial charge in [-0.3, -0.25) is 0 Å². The first-order valence-electron chi connectivity index (χ1n) is 14.0. The van der Waals surface area contributed by atoms with E-state index < -0.39 is 12.2 Å². The Labute approximate surface area is 212 Å². The zero-order valence-electron chi connectivity index (χ0n) is 21.8. The minimum Gasteiger partial charge on any atom is -0.377 e. The predicted octanol–water partition coefficient (Wildman–Crippen LogP) is 8.45. The van der Waals surface area contributed by atoms with Gasteiger partial charge in [-0.25, -0.2) is 0 Å². The van der Waals surface area contributed by atoms with Crippen molar-refractivity contribution in [3.05, 3.63) is 36.5 Å². The Hall–Kier alpha value is -1.74. The largest absolute Gasteiger partial charge is 0.377 e. The quantitative estimate of drug-likeness (QED) is 0.0847. The van der Waals surface area contributed by atoms with Crippen LogP contribution in [0.15, 0.2) is 36.5 Å². The molecule has 0 saturated heterocycles. The summed E-state index contributed by atoms with van der Waals surface area (Å²) in [6, 6.07) is 0. The van der Waals surface area contributed by atoms with E-state index in [-0.39, 0.29) is 0 Å². The Morgan fingerprint density at radius 2 is 0.647 bits per heavy atom. The van der Waals surface area contributed by atoms with E-state index >= 15 is 0 Å². The molecule has 2 N–H and O–H groups in total. The Balaban J connectivity index is 3.20. The van der Waals surface area contributed by atoms with Gasteiger partial charge in [0, 0.05) is 0 Å². The Morgan fingerprint density at radius 1 is 0.412 bits per heavy atom. The zero-order valence-corrected chi connectivity index (χ0v) is 21.8. The summed E-state index contributed by atoms with van der Waals surface area (Å²) < 4.78 is 0. The van der Waals surface area contributed by atoms with Gasteiger partial charge in [0.2, 0.25) is 0 Å². The third kappa shape index (κ3) is 26.5. The van der Waals surface area contributed by atoms with Gasteiger partial charge in [-0.05, 0) is 63.5 Å². The first kappa shape index (κ1) is 32.3. The molecular formula is C32H52O2. The molecule has 0 rings (SSSR count). The van der Waals surface area contributed by atoms with Gasteiger partial charge in [-0.1, -0.05) is 113 Å². The van der Waals surface area contributed by atoms with Crippen molar-refractivity contribution in [1.29, 1.82) is 0 Å². The summed E-state index contributed by atoms with van der Waals surface area (Å²) in [7, 11) is 0. The van der Waals surface area contributed by atoms with Crippen LogP contribution in [0.5, 0.6) is 0 Å². The molecule has 2 nitrogen and oxygen atoms in total. The predicted molar refractivity (Wildman–Crippen MR) is 149 cm³/mol. The van der Waals surface area contributed by atoms with Gasteiger partial charge in [0.1, 0.15) is 12.2 Å². The van der Waals surface area contributed by atoms with Gasteiger partial charge < -0.3 is 10.2 Å². The van der Waals surface area contributed by atoms with Crippen LogP contribution in [0.3, 0.4) is 0 Å². The molecule has 0 saturated carbocycles. The van der Waals surface area contributed by atoms with Gasteiger partial charge in [-0.15, -0.1) is 12.8 Å². The summed E-state index contributed by atoms with van der Waals surface area (Å²) in [6.45, 7) is 0. The van der Waals surface area contributed by atoms with Crippen molar-refractivity contribution in [1.82, 2.24) is 0 Å². The average molecular weight is 469 g/mol. The van der Waals surface area contributed by atoms with Crippen LogP contribution >= 0.6 is 0 Å². The summed E-state index contributed by atoms with van der Waals surface area (Å²) >= 11 is 0. The molecule has 0 bridgehead atoms. The summed E-state index contributed by atoms with van der Waals surface area (Å²) in [5.41, 5.74) is 0. The fourth-order valence-electron chi connectivity index (χ4n) is 3.97. The molecule has 0 spiro atoms. The van der Waals surface area contributed by atoms with Crippen molar-refractivity contribution in [3.63, 3.8) is 0 Å². The highest BCUT2D eigenvalue weighted by molar-refractivity contribution is 5.06. The van der Waals surface area contributed by atoms with E-state index in [1.54, 1.807) is 12.2 Å². The van der Waals surface area contributed by atoms with Crippen molar-refractivity contribution >= 4 is 0 Å². The fraction of sp³-hybridized carbons (Fsp3) is 0.688. The van der Waals surface area contributed by atoms with E-state index in [0.29, 0.717) is 0 Å². The highest BCUT2D eigenvalue weighted by Crippen LogP contribution is 2.13. The van der Waals surface area contributed by atoms with E-state index in [4.69, 9.17) is 12.8 Å². The summed E-state index contributed by atoms with van der Waals surface area (Å²) in [5, 5.41) is 18.4. The number of unbranched alkanes of at least 4 members (excludes halogenated alkanes) is 18. The van der Waals surface area contributed by atoms with E-state index in [0.717, 1.165) is 12.8 Å². The van der Waals surface area contributed by atoms with Gasteiger partial charge in [0.05, 0.1) is 0 Å². The fourth-order valence-corrected chi connectivity index (χ4v) is 3.97. The molecule has 2 atom stereocenters. The monoisotopic (exact) mass is 468 g/mol. The second-order valence-corrected chi connectivity index (χ2v) is 9.36. The smallest absolute Gasteiger partial charge is 0.133 e. The number of hydrogen-bond donors (Lipinski definition) is 2. The Morgan fingerprint density at radius 3 is 0.912 bits per heavy atom. The number of aliphatic hydroxyl groups is 2. The molecule has 0 aromatic carbocycles. The number of allylic oxidation sites excluding steroid dienone is 4. The first-order valence-corrected chi connectivity index (χ1v) is 14.0. The lowest BCUT2D eigenvalue weighted by Gasteiger charge is -2.02. The molecule has 0 aliphatic rings. The number of aliphatic hydroxyl groups excluding tert-OH is 2. The normalized spacial score (nSPS) is 13.5. The molecule has 0 heterocycles. The molecule has 0 aliphatic carbocycles. The van der Waals surface area contributed by atoms with Crippen LogP contribution in [0, 0.1) is 24.7 Å². The molecule has 0 aromatic heterocycles. The van der Waals surface area contributed by atoms with Gasteiger partial charge >= 0.3 is 0 Å². The highest BCUT2D eigenvalue weighted by Gasteiger charge is 1.94. The highest BCUT2D eigenvalue weighted by atomic mass is 16.3. The lowest BCUT2D eigenvalue weighted by atomic mass is 10.0. The van der Waals surface area contributed by atoms with Crippen LogP contribution < -0.4 is 0 Å². The van der Waals surface area contributed by atoms with E-state index in [1.165, 1.54) is 116 Å². The van der Waals surface area contributed by atoms with Crippen LogP contribution in [0.4, 0.5) is 0 Å². The lowest BCUT2D eigenvalue weighted by molar-refractivity contribution is 0.280. The Kier molecular flexibility index (Phi) is 26.1. The van der Waals surface area contributed by atoms with Crippen LogP contribution in [-0.4, -0.2) is 22.4 Å². The molecule has 0 aromatic rings. The van der Waals surface area contributed by atoms with Crippen molar-refractivity contribution < 1.29 is 10.2 Å².